The highest BCUT2D eigenvalue weighted by molar-refractivity contribution is 7.80. The molecule has 4 rings (SSSR count). The summed E-state index contributed by atoms with van der Waals surface area (Å²) in [7, 11) is 0. The number of hydrogen-bond acceptors (Lipinski definition) is 3. The largest absolute Gasteiger partial charge is 0.352 e. The molecule has 0 aliphatic carbocycles. The van der Waals surface area contributed by atoms with Crippen LogP contribution in [0.2, 0.25) is 0 Å². The number of thiocarbonyl (C=S) groups is 1. The Kier molecular flexibility index (Phi) is 5.37. The molecule has 2 atom stereocenters. The Hall–Kier alpha value is -2.73. The van der Waals surface area contributed by atoms with E-state index in [9.17, 15) is 0 Å². The van der Waals surface area contributed by atoms with E-state index in [4.69, 9.17) is 12.2 Å². The van der Waals surface area contributed by atoms with Crippen LogP contribution in [-0.2, 0) is 6.54 Å². The van der Waals surface area contributed by atoms with Gasteiger partial charge in [-0.15, -0.1) is 0 Å². The molecule has 0 saturated carbocycles. The van der Waals surface area contributed by atoms with Crippen LogP contribution in [-0.4, -0.2) is 30.6 Å². The third kappa shape index (κ3) is 3.65. The quantitative estimate of drug-likeness (QED) is 0.641. The molecular weight excluding hydrogens is 378 g/mol. The summed E-state index contributed by atoms with van der Waals surface area (Å²) in [6.45, 7) is 9.60. The highest BCUT2D eigenvalue weighted by Crippen LogP contribution is 2.41. The van der Waals surface area contributed by atoms with Crippen molar-refractivity contribution in [1.82, 2.24) is 24.8 Å². The second-order valence-corrected chi connectivity index (χ2v) is 8.28. The van der Waals surface area contributed by atoms with E-state index in [0.29, 0.717) is 0 Å². The number of nitrogens with zero attached hydrogens (tertiary/aromatic N) is 4. The van der Waals surface area contributed by atoms with Crippen LogP contribution in [0.4, 0.5) is 0 Å². The molecule has 1 aliphatic heterocycles. The maximum Gasteiger partial charge on any atom is 0.170 e. The molecule has 1 fully saturated rings. The van der Waals surface area contributed by atoms with Gasteiger partial charge in [0.15, 0.2) is 5.11 Å². The van der Waals surface area contributed by atoms with E-state index in [2.05, 4.69) is 76.7 Å². The Morgan fingerprint density at radius 2 is 1.86 bits per heavy atom. The van der Waals surface area contributed by atoms with Crippen LogP contribution in [0.5, 0.6) is 0 Å². The van der Waals surface area contributed by atoms with Crippen LogP contribution in [0.3, 0.4) is 0 Å². The molecule has 0 amide bonds. The molecule has 29 heavy (non-hydrogen) atoms. The summed E-state index contributed by atoms with van der Waals surface area (Å²) >= 11 is 5.73. The first kappa shape index (κ1) is 19.6. The second kappa shape index (κ2) is 7.95. The summed E-state index contributed by atoms with van der Waals surface area (Å²) in [6.07, 6.45) is 5.55. The van der Waals surface area contributed by atoms with Gasteiger partial charge in [-0.25, -0.2) is 0 Å². The Morgan fingerprint density at radius 1 is 1.10 bits per heavy atom. The maximum absolute atomic E-state index is 5.73. The van der Waals surface area contributed by atoms with Crippen molar-refractivity contribution < 1.29 is 0 Å². The fourth-order valence-corrected chi connectivity index (χ4v) is 4.75. The Labute approximate surface area is 177 Å². The summed E-state index contributed by atoms with van der Waals surface area (Å²) in [4.78, 5) is 11.1. The van der Waals surface area contributed by atoms with E-state index >= 15 is 0 Å². The molecule has 0 aromatic carbocycles. The van der Waals surface area contributed by atoms with E-state index in [1.165, 1.54) is 22.5 Å². The summed E-state index contributed by atoms with van der Waals surface area (Å²) < 4.78 is 2.38. The third-order valence-corrected chi connectivity index (χ3v) is 6.04. The lowest BCUT2D eigenvalue weighted by Gasteiger charge is -2.31. The molecule has 0 unspecified atom stereocenters. The fourth-order valence-electron chi connectivity index (χ4n) is 4.30. The smallest absolute Gasteiger partial charge is 0.170 e. The predicted octanol–water partition coefficient (Wildman–Crippen LogP) is 4.32. The van der Waals surface area contributed by atoms with Crippen molar-refractivity contribution in [2.24, 2.45) is 0 Å². The first-order chi connectivity index (χ1) is 14.0. The molecule has 150 valence electrons. The van der Waals surface area contributed by atoms with Crippen LogP contribution in [0.15, 0.2) is 55.0 Å². The van der Waals surface area contributed by atoms with Crippen LogP contribution in [0, 0.1) is 13.8 Å². The van der Waals surface area contributed by atoms with E-state index in [0.717, 1.165) is 17.4 Å². The molecule has 0 spiro atoms. The first-order valence-corrected chi connectivity index (χ1v) is 10.4. The molecule has 5 nitrogen and oxygen atoms in total. The van der Waals surface area contributed by atoms with Crippen molar-refractivity contribution in [2.75, 3.05) is 0 Å². The summed E-state index contributed by atoms with van der Waals surface area (Å²) in [5.41, 5.74) is 6.07. The summed E-state index contributed by atoms with van der Waals surface area (Å²) in [5, 5.41) is 4.32. The average Bonchev–Trinajstić information content (AvgIpc) is 3.20. The number of nitrogens with one attached hydrogen (secondary N) is 1. The van der Waals surface area contributed by atoms with E-state index in [1.54, 1.807) is 0 Å². The predicted molar refractivity (Wildman–Crippen MR) is 120 cm³/mol. The lowest BCUT2D eigenvalue weighted by molar-refractivity contribution is 0.268. The van der Waals surface area contributed by atoms with Gasteiger partial charge in [0.2, 0.25) is 0 Å². The van der Waals surface area contributed by atoms with Crippen molar-refractivity contribution in [3.05, 3.63) is 83.2 Å². The van der Waals surface area contributed by atoms with Gasteiger partial charge in [0.05, 0.1) is 17.8 Å². The monoisotopic (exact) mass is 405 g/mol. The number of pyridine rings is 2. The minimum atomic E-state index is 0.0287. The molecular formula is C23H27N5S. The topological polar surface area (TPSA) is 46.0 Å². The van der Waals surface area contributed by atoms with Gasteiger partial charge in [-0.2, -0.15) is 0 Å². The molecule has 3 aromatic heterocycles. The van der Waals surface area contributed by atoms with Crippen LogP contribution in [0.25, 0.3) is 0 Å². The highest BCUT2D eigenvalue weighted by Gasteiger charge is 2.42. The van der Waals surface area contributed by atoms with Crippen molar-refractivity contribution in [3.8, 4) is 0 Å². The Bertz CT molecular complexity index is 997. The van der Waals surface area contributed by atoms with E-state index in [-0.39, 0.29) is 18.1 Å². The molecule has 0 bridgehead atoms. The lowest BCUT2D eigenvalue weighted by atomic mass is 9.96. The Morgan fingerprint density at radius 3 is 2.52 bits per heavy atom. The average molecular weight is 406 g/mol. The SMILES string of the molecule is Cc1cc([C@H]2[C@H](c3ccccn3)NC(=S)N2C(C)C)c(C)n1Cc1ccncc1. The van der Waals surface area contributed by atoms with Gasteiger partial charge in [-0.05, 0) is 81.4 Å². The first-order valence-electron chi connectivity index (χ1n) is 10.0. The normalized spacial score (nSPS) is 19.1. The third-order valence-electron chi connectivity index (χ3n) is 5.71. The lowest BCUT2D eigenvalue weighted by Crippen LogP contribution is -2.35. The van der Waals surface area contributed by atoms with E-state index in [1.807, 2.05) is 30.7 Å². The molecule has 0 radical (unpaired) electrons. The maximum atomic E-state index is 5.73. The zero-order valence-electron chi connectivity index (χ0n) is 17.3. The fraction of sp³-hybridized carbons (Fsp3) is 0.348. The number of rotatable bonds is 5. The number of aromatic nitrogens is 3. The zero-order chi connectivity index (χ0) is 20.5. The van der Waals surface area contributed by atoms with Crippen molar-refractivity contribution in [3.63, 3.8) is 0 Å². The molecule has 4 heterocycles. The molecule has 1 N–H and O–H groups in total. The van der Waals surface area contributed by atoms with Crippen LogP contribution < -0.4 is 5.32 Å². The molecule has 6 heteroatoms. The highest BCUT2D eigenvalue weighted by atomic mass is 32.1. The van der Waals surface area contributed by atoms with Crippen LogP contribution in [0.1, 0.15) is 54.1 Å². The van der Waals surface area contributed by atoms with Crippen LogP contribution >= 0.6 is 12.2 Å². The minimum absolute atomic E-state index is 0.0287. The molecule has 1 saturated heterocycles. The van der Waals surface area contributed by atoms with Gasteiger partial charge >= 0.3 is 0 Å². The molecule has 1 aliphatic rings. The number of hydrogen-bond donors (Lipinski definition) is 1. The van der Waals surface area contributed by atoms with Gasteiger partial charge in [0, 0.05) is 42.6 Å². The van der Waals surface area contributed by atoms with Gasteiger partial charge in [0.25, 0.3) is 0 Å². The van der Waals surface area contributed by atoms with Gasteiger partial charge in [-0.3, -0.25) is 9.97 Å². The van der Waals surface area contributed by atoms with Gasteiger partial charge in [-0.1, -0.05) is 6.07 Å². The minimum Gasteiger partial charge on any atom is -0.352 e. The summed E-state index contributed by atoms with van der Waals surface area (Å²) in [5.74, 6) is 0. The Balaban J connectivity index is 1.77. The number of aryl methyl sites for hydroxylation is 1. The van der Waals surface area contributed by atoms with Crippen molar-refractivity contribution in [1.29, 1.82) is 0 Å². The summed E-state index contributed by atoms with van der Waals surface area (Å²) in [6, 6.07) is 12.9. The van der Waals surface area contributed by atoms with Gasteiger partial charge < -0.3 is 14.8 Å². The van der Waals surface area contributed by atoms with E-state index < -0.39 is 0 Å². The zero-order valence-corrected chi connectivity index (χ0v) is 18.1. The van der Waals surface area contributed by atoms with Gasteiger partial charge in [0.1, 0.15) is 0 Å². The van der Waals surface area contributed by atoms with Crippen molar-refractivity contribution >= 4 is 17.3 Å². The van der Waals surface area contributed by atoms with Crippen molar-refractivity contribution in [2.45, 2.75) is 52.4 Å². The molecule has 3 aromatic rings. The standard InChI is InChI=1S/C23H27N5S/c1-15(2)28-22(21(26-23(28)29)20-7-5-6-10-25-20)19-13-16(3)27(17(19)4)14-18-8-11-24-12-9-18/h5-13,15,21-22H,14H2,1-4H3,(H,26,29)/t21-,22-/m0/s1. The second-order valence-electron chi connectivity index (χ2n) is 7.90.